The molecule has 2 aromatic carbocycles. The molecule has 5 atom stereocenters. The van der Waals surface area contributed by atoms with Gasteiger partial charge in [-0.05, 0) is 69.4 Å². The smallest absolute Gasteiger partial charge is 0.173 e. The molecular formula is C29H30N2O3. The summed E-state index contributed by atoms with van der Waals surface area (Å²) in [6.07, 6.45) is 0.963. The van der Waals surface area contributed by atoms with E-state index in [1.165, 1.54) is 0 Å². The van der Waals surface area contributed by atoms with Gasteiger partial charge in [-0.2, -0.15) is 0 Å². The number of aromatic nitrogens is 2. The van der Waals surface area contributed by atoms with Crippen molar-refractivity contribution >= 4 is 22.4 Å². The van der Waals surface area contributed by atoms with Crippen molar-refractivity contribution < 1.29 is 14.6 Å². The van der Waals surface area contributed by atoms with E-state index in [2.05, 4.69) is 26.0 Å². The van der Waals surface area contributed by atoms with Crippen LogP contribution < -0.4 is 0 Å². The number of ether oxygens (including phenoxy) is 1. The molecule has 0 unspecified atom stereocenters. The lowest BCUT2D eigenvalue weighted by atomic mass is 9.64. The van der Waals surface area contributed by atoms with E-state index >= 15 is 0 Å². The highest BCUT2D eigenvalue weighted by atomic mass is 16.5. The zero-order chi connectivity index (χ0) is 23.9. The first kappa shape index (κ1) is 21.5. The minimum atomic E-state index is -0.762. The lowest BCUT2D eigenvalue weighted by molar-refractivity contribution is -0.119. The summed E-state index contributed by atoms with van der Waals surface area (Å²) in [6.45, 7) is 10.2. The van der Waals surface area contributed by atoms with Gasteiger partial charge < -0.3 is 9.84 Å². The largest absolute Gasteiger partial charge is 0.511 e. The second-order valence-electron chi connectivity index (χ2n) is 10.5. The average Bonchev–Trinajstić information content (AvgIpc) is 3.42. The Balaban J connectivity index is 1.49. The predicted molar refractivity (Wildman–Crippen MR) is 132 cm³/mol. The molecule has 2 saturated heterocycles. The van der Waals surface area contributed by atoms with Crippen molar-refractivity contribution in [2.24, 2.45) is 11.3 Å². The first-order valence-corrected chi connectivity index (χ1v) is 12.2. The van der Waals surface area contributed by atoms with Gasteiger partial charge in [0.2, 0.25) is 0 Å². The monoisotopic (exact) mass is 454 g/mol. The fourth-order valence-electron chi connectivity index (χ4n) is 6.99. The third-order valence-electron chi connectivity index (χ3n) is 8.34. The van der Waals surface area contributed by atoms with Gasteiger partial charge in [-0.15, -0.1) is 0 Å². The van der Waals surface area contributed by atoms with Crippen LogP contribution in [-0.2, 0) is 16.0 Å². The van der Waals surface area contributed by atoms with Gasteiger partial charge in [-0.3, -0.25) is 4.79 Å². The van der Waals surface area contributed by atoms with Crippen molar-refractivity contribution in [1.29, 1.82) is 0 Å². The van der Waals surface area contributed by atoms with E-state index in [0.29, 0.717) is 5.57 Å². The number of carbonyl (C=O) groups excluding carboxylic acids is 1. The molecule has 6 rings (SSSR count). The van der Waals surface area contributed by atoms with Gasteiger partial charge in [0.05, 0.1) is 51.5 Å². The summed E-state index contributed by atoms with van der Waals surface area (Å²) in [5.74, 6) is -0.168. The molecule has 2 aliphatic heterocycles. The van der Waals surface area contributed by atoms with Crippen LogP contribution in [0.4, 0.5) is 0 Å². The Morgan fingerprint density at radius 2 is 1.74 bits per heavy atom. The first-order chi connectivity index (χ1) is 16.3. The van der Waals surface area contributed by atoms with Gasteiger partial charge in [0.15, 0.2) is 5.78 Å². The number of rotatable bonds is 3. The number of para-hydroxylation sites is 2. The number of carbonyl (C=O) groups is 1. The van der Waals surface area contributed by atoms with Crippen molar-refractivity contribution in [2.75, 3.05) is 0 Å². The van der Waals surface area contributed by atoms with Crippen molar-refractivity contribution in [3.05, 3.63) is 75.8 Å². The highest BCUT2D eigenvalue weighted by molar-refractivity contribution is 6.26. The standard InChI is InChI=1S/C29H30N2O3/c1-6-18-25(31-20-10-8-7-9-19(20)30-18)17-13-21-24-26(32)23(27(33)29(24,5)28(17)34-21)22-15(3)11-14(2)12-16(22)4/h7-12,17,21,24,28,33H,6,13H2,1-5H3/t17-,21-,24+,28+,29+/m0/s1. The van der Waals surface area contributed by atoms with Gasteiger partial charge in [-0.25, -0.2) is 9.97 Å². The zero-order valence-electron chi connectivity index (χ0n) is 20.3. The second-order valence-corrected chi connectivity index (χ2v) is 10.5. The van der Waals surface area contributed by atoms with Gasteiger partial charge >= 0.3 is 0 Å². The van der Waals surface area contributed by atoms with Crippen molar-refractivity contribution in [3.8, 4) is 0 Å². The number of aliphatic hydroxyl groups excluding tert-OH is 1. The summed E-state index contributed by atoms with van der Waals surface area (Å²) in [5, 5.41) is 11.7. The quantitative estimate of drug-likeness (QED) is 0.562. The van der Waals surface area contributed by atoms with Crippen LogP contribution in [-0.4, -0.2) is 33.1 Å². The number of hydrogen-bond acceptors (Lipinski definition) is 5. The molecule has 2 bridgehead atoms. The van der Waals surface area contributed by atoms with Crippen LogP contribution in [0.3, 0.4) is 0 Å². The van der Waals surface area contributed by atoms with Gasteiger partial charge in [0, 0.05) is 5.92 Å². The summed E-state index contributed by atoms with van der Waals surface area (Å²) in [6, 6.07) is 12.1. The molecule has 5 heteroatoms. The molecule has 1 aliphatic carbocycles. The molecule has 3 aromatic rings. The number of Topliss-reactive ketones (excluding diaryl/α,β-unsaturated/α-hetero) is 1. The highest BCUT2D eigenvalue weighted by Gasteiger charge is 2.70. The van der Waals surface area contributed by atoms with Crippen LogP contribution in [0, 0.1) is 32.1 Å². The molecule has 1 aromatic heterocycles. The van der Waals surface area contributed by atoms with Crippen LogP contribution in [0.1, 0.15) is 59.8 Å². The maximum atomic E-state index is 13.8. The molecular weight excluding hydrogens is 424 g/mol. The molecule has 5 nitrogen and oxygen atoms in total. The van der Waals surface area contributed by atoms with Crippen LogP contribution in [0.25, 0.3) is 16.6 Å². The Hall–Kier alpha value is -3.05. The zero-order valence-corrected chi connectivity index (χ0v) is 20.3. The van der Waals surface area contributed by atoms with E-state index in [0.717, 1.165) is 57.5 Å². The van der Waals surface area contributed by atoms with E-state index < -0.39 is 5.41 Å². The number of allylic oxidation sites excluding steroid dienone is 1. The summed E-state index contributed by atoms with van der Waals surface area (Å²) < 4.78 is 6.44. The normalized spacial score (nSPS) is 30.0. The second kappa shape index (κ2) is 7.22. The average molecular weight is 455 g/mol. The van der Waals surface area contributed by atoms with Crippen LogP contribution in [0.15, 0.2) is 42.2 Å². The molecule has 3 aliphatic rings. The Kier molecular flexibility index (Phi) is 4.56. The van der Waals surface area contributed by atoms with Crippen molar-refractivity contribution in [2.45, 2.75) is 65.6 Å². The molecule has 34 heavy (non-hydrogen) atoms. The Labute approximate surface area is 199 Å². The van der Waals surface area contributed by atoms with E-state index in [1.807, 2.05) is 45.0 Å². The molecule has 0 amide bonds. The third-order valence-corrected chi connectivity index (χ3v) is 8.34. The summed E-state index contributed by atoms with van der Waals surface area (Å²) in [5.41, 5.74) is 7.48. The lowest BCUT2D eigenvalue weighted by Gasteiger charge is -2.36. The van der Waals surface area contributed by atoms with E-state index in [4.69, 9.17) is 14.7 Å². The van der Waals surface area contributed by atoms with Crippen molar-refractivity contribution in [1.82, 2.24) is 9.97 Å². The Morgan fingerprint density at radius 1 is 1.09 bits per heavy atom. The minimum absolute atomic E-state index is 0.00665. The Morgan fingerprint density at radius 3 is 2.38 bits per heavy atom. The van der Waals surface area contributed by atoms with Gasteiger partial charge in [0.25, 0.3) is 0 Å². The summed E-state index contributed by atoms with van der Waals surface area (Å²) >= 11 is 0. The fraction of sp³-hybridized carbons (Fsp3) is 0.414. The van der Waals surface area contributed by atoms with Crippen LogP contribution in [0.2, 0.25) is 0 Å². The molecule has 2 fully saturated rings. The predicted octanol–water partition coefficient (Wildman–Crippen LogP) is 5.55. The summed E-state index contributed by atoms with van der Waals surface area (Å²) in [4.78, 5) is 23.7. The highest BCUT2D eigenvalue weighted by Crippen LogP contribution is 2.65. The first-order valence-electron chi connectivity index (χ1n) is 12.2. The fourth-order valence-corrected chi connectivity index (χ4v) is 6.99. The minimum Gasteiger partial charge on any atom is -0.511 e. The number of nitrogens with zero attached hydrogens (tertiary/aromatic N) is 2. The molecule has 0 saturated carbocycles. The number of hydrogen-bond donors (Lipinski definition) is 1. The van der Waals surface area contributed by atoms with E-state index in [1.54, 1.807) is 0 Å². The molecule has 0 spiro atoms. The third kappa shape index (κ3) is 2.67. The maximum absolute atomic E-state index is 13.8. The molecule has 3 heterocycles. The van der Waals surface area contributed by atoms with Crippen LogP contribution in [0.5, 0.6) is 0 Å². The summed E-state index contributed by atoms with van der Waals surface area (Å²) in [7, 11) is 0. The van der Waals surface area contributed by atoms with Crippen LogP contribution >= 0.6 is 0 Å². The van der Waals surface area contributed by atoms with Gasteiger partial charge in [-0.1, -0.05) is 36.8 Å². The number of ketones is 1. The maximum Gasteiger partial charge on any atom is 0.173 e. The number of benzene rings is 2. The Bertz CT molecular complexity index is 1380. The van der Waals surface area contributed by atoms with E-state index in [-0.39, 0.29) is 35.6 Å². The van der Waals surface area contributed by atoms with Gasteiger partial charge in [0.1, 0.15) is 5.76 Å². The number of aryl methyl sites for hydroxylation is 4. The number of aliphatic hydroxyl groups is 1. The van der Waals surface area contributed by atoms with E-state index in [9.17, 15) is 9.90 Å². The molecule has 174 valence electrons. The molecule has 0 radical (unpaired) electrons. The SMILES string of the molecule is CCc1nc2ccccc2nc1[C@@H]1C[C@@H]2O[C@H]1[C@@]1(C)C(O)=C(c3c(C)cc(C)cc3C)C(=O)[C@@H]21. The number of fused-ring (bicyclic) bond motifs is 6. The molecule has 1 N–H and O–H groups in total. The lowest BCUT2D eigenvalue weighted by Crippen LogP contribution is -2.42. The van der Waals surface area contributed by atoms with Crippen molar-refractivity contribution in [3.63, 3.8) is 0 Å². The topological polar surface area (TPSA) is 72.3 Å².